The number of aliphatic hydroxyl groups is 1. The largest absolute Gasteiger partial charge is 0.396 e. The molecule has 32 heavy (non-hydrogen) atoms. The minimum atomic E-state index is -0.343. The Morgan fingerprint density at radius 2 is 2.00 bits per heavy atom. The molecule has 4 atom stereocenters. The Labute approximate surface area is 189 Å². The van der Waals surface area contributed by atoms with Crippen LogP contribution in [0.3, 0.4) is 0 Å². The molecule has 1 saturated carbocycles. The fraction of sp³-hybridized carbons (Fsp3) is 0.680. The van der Waals surface area contributed by atoms with Gasteiger partial charge in [-0.25, -0.2) is 0 Å². The molecule has 2 N–H and O–H groups in total. The molecule has 3 aliphatic heterocycles. The van der Waals surface area contributed by atoms with E-state index < -0.39 is 0 Å². The summed E-state index contributed by atoms with van der Waals surface area (Å²) >= 11 is 0. The predicted molar refractivity (Wildman–Crippen MR) is 122 cm³/mol. The van der Waals surface area contributed by atoms with Crippen molar-refractivity contribution in [3.8, 4) is 0 Å². The van der Waals surface area contributed by atoms with Crippen LogP contribution in [0.5, 0.6) is 0 Å². The van der Waals surface area contributed by atoms with Crippen LogP contribution in [0.4, 0.5) is 0 Å². The third-order valence-corrected chi connectivity index (χ3v) is 7.92. The van der Waals surface area contributed by atoms with E-state index in [1.54, 1.807) is 0 Å². The van der Waals surface area contributed by atoms with E-state index in [-0.39, 0.29) is 42.0 Å². The summed E-state index contributed by atoms with van der Waals surface area (Å²) < 4.78 is 7.42. The van der Waals surface area contributed by atoms with Gasteiger partial charge in [0.1, 0.15) is 0 Å². The van der Waals surface area contributed by atoms with Gasteiger partial charge in [-0.3, -0.25) is 14.5 Å². The molecule has 1 aliphatic carbocycles. The summed E-state index contributed by atoms with van der Waals surface area (Å²) in [5, 5.41) is 13.6. The van der Waals surface area contributed by atoms with Crippen LogP contribution in [0, 0.1) is 23.7 Å². The number of carbonyl (C=O) groups excluding carboxylic acids is 1. The molecule has 2 bridgehead atoms. The molecule has 0 spiro atoms. The Balaban J connectivity index is 1.51. The number of aromatic nitrogens is 1. The van der Waals surface area contributed by atoms with Gasteiger partial charge in [-0.2, -0.15) is 0 Å². The van der Waals surface area contributed by atoms with E-state index in [0.717, 1.165) is 44.8 Å². The number of ether oxygens (including phenoxy) is 1. The van der Waals surface area contributed by atoms with E-state index in [1.165, 1.54) is 12.8 Å². The number of hydrogen-bond donors (Lipinski definition) is 2. The van der Waals surface area contributed by atoms with Crippen molar-refractivity contribution in [2.24, 2.45) is 23.7 Å². The SMILES string of the molecule is C/C=C\c1ccc2n(c1=O)C[C@H]1[C@H](CO)[C@@H](C(=O)NCC3CC3)[C@@H]2N1CC1CCOCC1. The highest BCUT2D eigenvalue weighted by atomic mass is 16.5. The summed E-state index contributed by atoms with van der Waals surface area (Å²) in [5.74, 6) is 0.623. The highest BCUT2D eigenvalue weighted by Crippen LogP contribution is 2.49. The molecule has 2 saturated heterocycles. The van der Waals surface area contributed by atoms with Gasteiger partial charge < -0.3 is 19.7 Å². The Bertz CT molecular complexity index is 932. The van der Waals surface area contributed by atoms with Gasteiger partial charge in [0.15, 0.2) is 0 Å². The van der Waals surface area contributed by atoms with E-state index in [0.29, 0.717) is 23.9 Å². The normalized spacial score (nSPS) is 30.6. The second kappa shape index (κ2) is 9.12. The van der Waals surface area contributed by atoms with Crippen LogP contribution in [-0.4, -0.2) is 59.4 Å². The van der Waals surface area contributed by atoms with Crippen molar-refractivity contribution in [2.75, 3.05) is 32.9 Å². The number of fused-ring (bicyclic) bond motifs is 4. The molecule has 3 fully saturated rings. The minimum Gasteiger partial charge on any atom is -0.396 e. The standard InChI is InChI=1S/C25H35N3O4/c1-2-3-18-6-7-20-23-22(24(30)26-12-16-4-5-16)19(15-29)21(14-28(20)25(18)31)27(23)13-17-8-10-32-11-9-17/h2-3,6-7,16-17,19,21-23,29H,4-5,8-15H2,1H3,(H,26,30)/b3-2-/t19-,21-,22+,23+/m0/s1. The first-order valence-corrected chi connectivity index (χ1v) is 12.2. The molecule has 1 aromatic heterocycles. The van der Waals surface area contributed by atoms with Crippen molar-refractivity contribution < 1.29 is 14.6 Å². The molecule has 1 amide bonds. The Morgan fingerprint density at radius 3 is 2.69 bits per heavy atom. The summed E-state index contributed by atoms with van der Waals surface area (Å²) in [6.45, 7) is 5.56. The number of rotatable bonds is 7. The molecule has 7 heteroatoms. The summed E-state index contributed by atoms with van der Waals surface area (Å²) in [7, 11) is 0. The lowest BCUT2D eigenvalue weighted by molar-refractivity contribution is -0.127. The van der Waals surface area contributed by atoms with E-state index in [4.69, 9.17) is 4.74 Å². The van der Waals surface area contributed by atoms with E-state index in [9.17, 15) is 14.7 Å². The molecule has 4 aliphatic rings. The lowest BCUT2D eigenvalue weighted by atomic mass is 9.86. The average molecular weight is 442 g/mol. The molecule has 5 rings (SSSR count). The number of carbonyl (C=O) groups is 1. The van der Waals surface area contributed by atoms with Crippen LogP contribution in [0.15, 0.2) is 23.0 Å². The lowest BCUT2D eigenvalue weighted by Gasteiger charge is -2.40. The first kappa shape index (κ1) is 21.9. The van der Waals surface area contributed by atoms with Gasteiger partial charge >= 0.3 is 0 Å². The average Bonchev–Trinajstić information content (AvgIpc) is 3.60. The molecular formula is C25H35N3O4. The molecule has 174 valence electrons. The molecule has 1 aromatic rings. The number of amides is 1. The summed E-state index contributed by atoms with van der Waals surface area (Å²) in [4.78, 5) is 29.1. The van der Waals surface area contributed by atoms with Gasteiger partial charge in [-0.15, -0.1) is 0 Å². The van der Waals surface area contributed by atoms with Gasteiger partial charge in [-0.05, 0) is 56.6 Å². The van der Waals surface area contributed by atoms with Crippen molar-refractivity contribution in [2.45, 2.75) is 51.2 Å². The van der Waals surface area contributed by atoms with Crippen LogP contribution in [0.25, 0.3) is 6.08 Å². The summed E-state index contributed by atoms with van der Waals surface area (Å²) in [6, 6.07) is 3.71. The zero-order valence-corrected chi connectivity index (χ0v) is 18.9. The monoisotopic (exact) mass is 441 g/mol. The second-order valence-corrected chi connectivity index (χ2v) is 9.95. The van der Waals surface area contributed by atoms with E-state index >= 15 is 0 Å². The molecule has 0 aromatic carbocycles. The molecule has 7 nitrogen and oxygen atoms in total. The van der Waals surface area contributed by atoms with Gasteiger partial charge in [0.2, 0.25) is 5.91 Å². The minimum absolute atomic E-state index is 0.00274. The first-order valence-electron chi connectivity index (χ1n) is 12.2. The van der Waals surface area contributed by atoms with E-state index in [2.05, 4.69) is 10.2 Å². The van der Waals surface area contributed by atoms with Crippen LogP contribution in [0.2, 0.25) is 0 Å². The van der Waals surface area contributed by atoms with Crippen molar-refractivity contribution in [3.63, 3.8) is 0 Å². The van der Waals surface area contributed by atoms with E-state index in [1.807, 2.05) is 35.8 Å². The fourth-order valence-electron chi connectivity index (χ4n) is 6.01. The molecule has 0 radical (unpaired) electrons. The Kier molecular flexibility index (Phi) is 6.23. The van der Waals surface area contributed by atoms with Crippen LogP contribution in [0.1, 0.15) is 49.9 Å². The van der Waals surface area contributed by atoms with Crippen LogP contribution < -0.4 is 10.9 Å². The van der Waals surface area contributed by atoms with Crippen molar-refractivity contribution in [3.05, 3.63) is 39.8 Å². The number of nitrogens with one attached hydrogen (secondary N) is 1. The van der Waals surface area contributed by atoms with Crippen molar-refractivity contribution >= 4 is 12.0 Å². The zero-order chi connectivity index (χ0) is 22.2. The van der Waals surface area contributed by atoms with Gasteiger partial charge in [0.25, 0.3) is 5.56 Å². The fourth-order valence-corrected chi connectivity index (χ4v) is 6.01. The molecular weight excluding hydrogens is 406 g/mol. The van der Waals surface area contributed by atoms with Gasteiger partial charge in [0, 0.05) is 62.7 Å². The maximum atomic E-state index is 13.4. The molecule has 0 unspecified atom stereocenters. The number of nitrogens with zero attached hydrogens (tertiary/aromatic N) is 2. The quantitative estimate of drug-likeness (QED) is 0.674. The Hall–Kier alpha value is -1.96. The van der Waals surface area contributed by atoms with Gasteiger partial charge in [-0.1, -0.05) is 12.2 Å². The Morgan fingerprint density at radius 1 is 1.22 bits per heavy atom. The zero-order valence-electron chi connectivity index (χ0n) is 18.9. The predicted octanol–water partition coefficient (Wildman–Crippen LogP) is 1.80. The highest BCUT2D eigenvalue weighted by Gasteiger charge is 2.56. The topological polar surface area (TPSA) is 83.8 Å². The number of hydrogen-bond acceptors (Lipinski definition) is 5. The summed E-state index contributed by atoms with van der Waals surface area (Å²) in [5.41, 5.74) is 1.58. The first-order chi connectivity index (χ1) is 15.6. The number of aliphatic hydroxyl groups excluding tert-OH is 1. The van der Waals surface area contributed by atoms with Crippen LogP contribution in [-0.2, 0) is 16.1 Å². The smallest absolute Gasteiger partial charge is 0.258 e. The third-order valence-electron chi connectivity index (χ3n) is 7.92. The third kappa shape index (κ3) is 3.95. The maximum absolute atomic E-state index is 13.4. The lowest BCUT2D eigenvalue weighted by Crippen LogP contribution is -2.48. The number of pyridine rings is 1. The van der Waals surface area contributed by atoms with Crippen LogP contribution >= 0.6 is 0 Å². The number of allylic oxidation sites excluding steroid dienone is 1. The van der Waals surface area contributed by atoms with Crippen molar-refractivity contribution in [1.82, 2.24) is 14.8 Å². The second-order valence-electron chi connectivity index (χ2n) is 9.95. The van der Waals surface area contributed by atoms with Crippen molar-refractivity contribution in [1.29, 1.82) is 0 Å². The highest BCUT2D eigenvalue weighted by molar-refractivity contribution is 5.80. The maximum Gasteiger partial charge on any atom is 0.258 e. The summed E-state index contributed by atoms with van der Waals surface area (Å²) in [6.07, 6.45) is 8.12. The molecule has 4 heterocycles. The van der Waals surface area contributed by atoms with Gasteiger partial charge in [0.05, 0.1) is 12.0 Å².